The number of aromatic nitrogens is 2. The minimum atomic E-state index is -5.06. The Bertz CT molecular complexity index is 1310. The van der Waals surface area contributed by atoms with Gasteiger partial charge in [-0.05, 0) is 42.5 Å². The molecule has 0 atom stereocenters. The van der Waals surface area contributed by atoms with E-state index in [1.807, 2.05) is 48.2 Å². The van der Waals surface area contributed by atoms with Crippen LogP contribution < -0.4 is 19.7 Å². The molecular formula is C22H24F3N5O3S. The second kappa shape index (κ2) is 8.91. The molecule has 2 aromatic carbocycles. The predicted molar refractivity (Wildman–Crippen MR) is 123 cm³/mol. The predicted octanol–water partition coefficient (Wildman–Crippen LogP) is 3.63. The molecule has 1 aliphatic heterocycles. The summed E-state index contributed by atoms with van der Waals surface area (Å²) in [6.45, 7) is 0.946. The molecule has 2 N–H and O–H groups in total. The van der Waals surface area contributed by atoms with Crippen LogP contribution in [0.4, 0.5) is 24.9 Å². The van der Waals surface area contributed by atoms with Crippen LogP contribution in [0.5, 0.6) is 5.75 Å². The molecule has 3 aromatic rings. The number of ether oxygens (including phenoxy) is 1. The highest BCUT2D eigenvalue weighted by atomic mass is 32.2. The van der Waals surface area contributed by atoms with Crippen molar-refractivity contribution in [2.24, 2.45) is 5.14 Å². The quantitative estimate of drug-likeness (QED) is 0.577. The van der Waals surface area contributed by atoms with Gasteiger partial charge < -0.3 is 14.5 Å². The molecule has 4 rings (SSSR count). The number of nitrogens with zero attached hydrogens (tertiary/aromatic N) is 4. The zero-order valence-corrected chi connectivity index (χ0v) is 19.4. The summed E-state index contributed by atoms with van der Waals surface area (Å²) in [6, 6.07) is 11.5. The van der Waals surface area contributed by atoms with E-state index >= 15 is 0 Å². The van der Waals surface area contributed by atoms with Gasteiger partial charge in [-0.3, -0.25) is 0 Å². The lowest BCUT2D eigenvalue weighted by molar-refractivity contribution is -0.275. The maximum Gasteiger partial charge on any atom is 0.573 e. The zero-order chi connectivity index (χ0) is 24.7. The number of rotatable bonds is 5. The van der Waals surface area contributed by atoms with Crippen molar-refractivity contribution in [3.05, 3.63) is 48.0 Å². The molecule has 1 aromatic heterocycles. The molecule has 0 spiro atoms. The molecule has 2 heterocycles. The topological polar surface area (TPSA) is 102 Å². The summed E-state index contributed by atoms with van der Waals surface area (Å²) >= 11 is 0. The van der Waals surface area contributed by atoms with Gasteiger partial charge in [0.15, 0.2) is 5.75 Å². The summed E-state index contributed by atoms with van der Waals surface area (Å²) in [7, 11) is -0.626. The smallest absolute Gasteiger partial charge is 0.404 e. The summed E-state index contributed by atoms with van der Waals surface area (Å²) in [4.78, 5) is 12.6. The number of primary sulfonamides is 1. The van der Waals surface area contributed by atoms with Crippen LogP contribution in [0.2, 0.25) is 0 Å². The number of para-hydroxylation sites is 2. The van der Waals surface area contributed by atoms with Crippen LogP contribution in [0.15, 0.2) is 47.4 Å². The second-order valence-electron chi connectivity index (χ2n) is 8.29. The van der Waals surface area contributed by atoms with Crippen molar-refractivity contribution in [2.45, 2.75) is 30.0 Å². The number of halogens is 3. The number of piperidine rings is 1. The molecule has 182 valence electrons. The summed E-state index contributed by atoms with van der Waals surface area (Å²) in [5.41, 5.74) is 0.956. The molecule has 1 fully saturated rings. The Morgan fingerprint density at radius 2 is 1.74 bits per heavy atom. The number of benzene rings is 2. The lowest BCUT2D eigenvalue weighted by Crippen LogP contribution is -2.35. The number of sulfonamides is 1. The largest absolute Gasteiger partial charge is 0.573 e. The van der Waals surface area contributed by atoms with E-state index in [-0.39, 0.29) is 11.5 Å². The summed E-state index contributed by atoms with van der Waals surface area (Å²) < 4.78 is 67.2. The second-order valence-corrected chi connectivity index (χ2v) is 9.82. The van der Waals surface area contributed by atoms with E-state index in [2.05, 4.69) is 9.72 Å². The van der Waals surface area contributed by atoms with E-state index in [4.69, 9.17) is 10.1 Å². The summed E-state index contributed by atoms with van der Waals surface area (Å²) in [5, 5.41) is 6.07. The van der Waals surface area contributed by atoms with Crippen LogP contribution in [0.1, 0.15) is 24.3 Å². The molecule has 1 aliphatic rings. The first-order valence-electron chi connectivity index (χ1n) is 10.5. The number of nitrogens with two attached hydrogens (primary N) is 1. The summed E-state index contributed by atoms with van der Waals surface area (Å²) in [5.74, 6) is 0.187. The van der Waals surface area contributed by atoms with Crippen molar-refractivity contribution in [1.82, 2.24) is 9.97 Å². The highest BCUT2D eigenvalue weighted by Gasteiger charge is 2.37. The number of anilines is 2. The van der Waals surface area contributed by atoms with Crippen LogP contribution in [0.3, 0.4) is 0 Å². The average Bonchev–Trinajstić information content (AvgIpc) is 2.76. The minimum Gasteiger partial charge on any atom is -0.404 e. The van der Waals surface area contributed by atoms with Crippen molar-refractivity contribution in [2.75, 3.05) is 37.0 Å². The van der Waals surface area contributed by atoms with Gasteiger partial charge in [-0.15, -0.1) is 13.2 Å². The summed E-state index contributed by atoms with van der Waals surface area (Å²) in [6.07, 6.45) is -4.15. The van der Waals surface area contributed by atoms with Gasteiger partial charge in [-0.1, -0.05) is 24.3 Å². The van der Waals surface area contributed by atoms with Crippen molar-refractivity contribution >= 4 is 32.7 Å². The molecule has 0 saturated carbocycles. The van der Waals surface area contributed by atoms with E-state index in [0.717, 1.165) is 22.8 Å². The van der Waals surface area contributed by atoms with E-state index in [1.165, 1.54) is 12.1 Å². The monoisotopic (exact) mass is 495 g/mol. The van der Waals surface area contributed by atoms with Crippen LogP contribution in [-0.4, -0.2) is 51.9 Å². The van der Waals surface area contributed by atoms with Gasteiger partial charge in [-0.25, -0.2) is 18.5 Å². The molecule has 0 bridgehead atoms. The first kappa shape index (κ1) is 24.0. The van der Waals surface area contributed by atoms with Crippen LogP contribution in [0.25, 0.3) is 10.9 Å². The Balaban J connectivity index is 1.63. The molecule has 0 unspecified atom stereocenters. The third-order valence-corrected chi connectivity index (χ3v) is 6.68. The van der Waals surface area contributed by atoms with Crippen molar-refractivity contribution in [3.8, 4) is 5.75 Å². The Morgan fingerprint density at radius 3 is 2.35 bits per heavy atom. The maximum atomic E-state index is 13.1. The lowest BCUT2D eigenvalue weighted by atomic mass is 9.89. The van der Waals surface area contributed by atoms with Crippen molar-refractivity contribution in [3.63, 3.8) is 0 Å². The van der Waals surface area contributed by atoms with E-state index in [9.17, 15) is 21.6 Å². The Kier molecular flexibility index (Phi) is 6.30. The number of hydrogen-bond acceptors (Lipinski definition) is 7. The normalized spacial score (nSPS) is 15.5. The van der Waals surface area contributed by atoms with Crippen LogP contribution in [0, 0.1) is 0 Å². The number of alkyl halides is 3. The van der Waals surface area contributed by atoms with Crippen LogP contribution in [-0.2, 0) is 10.0 Å². The van der Waals surface area contributed by atoms with Crippen molar-refractivity contribution in [1.29, 1.82) is 0 Å². The fourth-order valence-electron chi connectivity index (χ4n) is 4.22. The number of hydrogen-bond donors (Lipinski definition) is 1. The van der Waals surface area contributed by atoms with Gasteiger partial charge in [0.2, 0.25) is 16.0 Å². The molecular weight excluding hydrogens is 471 g/mol. The molecule has 0 amide bonds. The zero-order valence-electron chi connectivity index (χ0n) is 18.6. The lowest BCUT2D eigenvalue weighted by Gasteiger charge is -2.33. The Labute approximate surface area is 195 Å². The molecule has 34 heavy (non-hydrogen) atoms. The SMILES string of the molecule is CN(C)c1nc(N2CCC(c3cccc(S(N)(=O)=O)c3OC(F)(F)F)CC2)nc2ccccc12. The molecule has 0 aliphatic carbocycles. The van der Waals surface area contributed by atoms with Gasteiger partial charge in [0.05, 0.1) is 5.52 Å². The standard InChI is InChI=1S/C22H24F3N5O3S/c1-29(2)20-16-6-3-4-8-17(16)27-21(28-20)30-12-10-14(11-13-30)15-7-5-9-18(34(26,31)32)19(15)33-22(23,24)25/h3-9,14H,10-13H2,1-2H3,(H2,26,31,32). The van der Waals surface area contributed by atoms with E-state index < -0.39 is 27.0 Å². The molecule has 12 heteroatoms. The van der Waals surface area contributed by atoms with Crippen LogP contribution >= 0.6 is 0 Å². The average molecular weight is 496 g/mol. The Hall–Kier alpha value is -3.12. The first-order chi connectivity index (χ1) is 15.9. The fraction of sp³-hybridized carbons (Fsp3) is 0.364. The first-order valence-corrected chi connectivity index (χ1v) is 12.1. The fourth-order valence-corrected chi connectivity index (χ4v) is 4.91. The third-order valence-electron chi connectivity index (χ3n) is 5.75. The third kappa shape index (κ3) is 5.02. The number of fused-ring (bicyclic) bond motifs is 1. The van der Waals surface area contributed by atoms with Gasteiger partial charge in [0, 0.05) is 32.6 Å². The van der Waals surface area contributed by atoms with Gasteiger partial charge in [0.25, 0.3) is 0 Å². The Morgan fingerprint density at radius 1 is 1.06 bits per heavy atom. The minimum absolute atomic E-state index is 0.164. The van der Waals surface area contributed by atoms with E-state index in [1.54, 1.807) is 0 Å². The van der Waals surface area contributed by atoms with Crippen molar-refractivity contribution < 1.29 is 26.3 Å². The molecule has 8 nitrogen and oxygen atoms in total. The van der Waals surface area contributed by atoms with E-state index in [0.29, 0.717) is 31.9 Å². The maximum absolute atomic E-state index is 13.1. The van der Waals surface area contributed by atoms with Gasteiger partial charge in [-0.2, -0.15) is 4.98 Å². The highest BCUT2D eigenvalue weighted by molar-refractivity contribution is 7.89. The van der Waals surface area contributed by atoms with Gasteiger partial charge >= 0.3 is 6.36 Å². The molecule has 1 saturated heterocycles. The highest BCUT2D eigenvalue weighted by Crippen LogP contribution is 2.40. The van der Waals surface area contributed by atoms with Gasteiger partial charge in [0.1, 0.15) is 10.7 Å². The molecule has 0 radical (unpaired) electrons.